The Kier molecular flexibility index (Phi) is 4.88. The lowest BCUT2D eigenvalue weighted by Gasteiger charge is -2.05. The lowest BCUT2D eigenvalue weighted by molar-refractivity contribution is -0.116. The van der Waals surface area contributed by atoms with E-state index in [2.05, 4.69) is 5.32 Å². The van der Waals surface area contributed by atoms with E-state index in [9.17, 15) is 4.79 Å². The van der Waals surface area contributed by atoms with Crippen molar-refractivity contribution in [2.45, 2.75) is 12.8 Å². The smallest absolute Gasteiger partial charge is 0.224 e. The quantitative estimate of drug-likeness (QED) is 0.859. The van der Waals surface area contributed by atoms with Gasteiger partial charge in [0.25, 0.3) is 0 Å². The molecule has 0 aliphatic rings. The van der Waals surface area contributed by atoms with Gasteiger partial charge in [-0.25, -0.2) is 0 Å². The highest BCUT2D eigenvalue weighted by atomic mass is 35.5. The number of hydrogen-bond donors (Lipinski definition) is 2. The Labute approximate surface area is 98.5 Å². The maximum Gasteiger partial charge on any atom is 0.224 e. The molecule has 5 heteroatoms. The maximum atomic E-state index is 11.3. The van der Waals surface area contributed by atoms with E-state index < -0.39 is 0 Å². The first-order valence-corrected chi connectivity index (χ1v) is 5.33. The van der Waals surface area contributed by atoms with Crippen molar-refractivity contribution in [2.75, 3.05) is 11.9 Å². The highest BCUT2D eigenvalue weighted by Gasteiger charge is 2.03. The second-order valence-corrected chi connectivity index (χ2v) is 3.97. The Morgan fingerprint density at radius 2 is 1.87 bits per heavy atom. The molecule has 0 saturated carbocycles. The lowest BCUT2D eigenvalue weighted by Crippen LogP contribution is -2.13. The van der Waals surface area contributed by atoms with Crippen LogP contribution < -0.4 is 11.1 Å². The molecular weight excluding hydrogens is 235 g/mol. The molecule has 0 saturated heterocycles. The number of hydrogen-bond acceptors (Lipinski definition) is 2. The molecule has 0 atom stereocenters. The Bertz CT molecular complexity index is 335. The Morgan fingerprint density at radius 3 is 2.40 bits per heavy atom. The fourth-order valence-corrected chi connectivity index (χ4v) is 1.64. The van der Waals surface area contributed by atoms with Crippen molar-refractivity contribution < 1.29 is 4.79 Å². The van der Waals surface area contributed by atoms with Gasteiger partial charge in [0.05, 0.1) is 0 Å². The molecule has 1 rings (SSSR count). The molecule has 0 spiro atoms. The van der Waals surface area contributed by atoms with E-state index in [-0.39, 0.29) is 5.91 Å². The van der Waals surface area contributed by atoms with Gasteiger partial charge in [0, 0.05) is 22.2 Å². The zero-order chi connectivity index (χ0) is 11.3. The largest absolute Gasteiger partial charge is 0.330 e. The van der Waals surface area contributed by atoms with E-state index >= 15 is 0 Å². The first-order chi connectivity index (χ1) is 7.11. The average molecular weight is 247 g/mol. The fourth-order valence-electron chi connectivity index (χ4n) is 1.11. The molecule has 0 radical (unpaired) electrons. The molecule has 3 N–H and O–H groups in total. The number of carbonyl (C=O) groups is 1. The van der Waals surface area contributed by atoms with E-state index in [1.165, 1.54) is 0 Å². The van der Waals surface area contributed by atoms with Crippen molar-refractivity contribution >= 4 is 34.8 Å². The minimum Gasteiger partial charge on any atom is -0.330 e. The molecule has 0 aromatic heterocycles. The minimum atomic E-state index is -0.0845. The molecule has 0 aliphatic carbocycles. The second kappa shape index (κ2) is 5.95. The molecule has 82 valence electrons. The SMILES string of the molecule is NCCCC(=O)Nc1cc(Cl)cc(Cl)c1. The monoisotopic (exact) mass is 246 g/mol. The van der Waals surface area contributed by atoms with Gasteiger partial charge in [-0.2, -0.15) is 0 Å². The Morgan fingerprint density at radius 1 is 1.27 bits per heavy atom. The predicted molar refractivity (Wildman–Crippen MR) is 63.4 cm³/mol. The van der Waals surface area contributed by atoms with Crippen LogP contribution in [0.2, 0.25) is 10.0 Å². The molecule has 0 heterocycles. The number of halogens is 2. The second-order valence-electron chi connectivity index (χ2n) is 3.10. The summed E-state index contributed by atoms with van der Waals surface area (Å²) >= 11 is 11.6. The number of anilines is 1. The zero-order valence-corrected chi connectivity index (χ0v) is 9.61. The van der Waals surface area contributed by atoms with E-state index in [1.54, 1.807) is 18.2 Å². The van der Waals surface area contributed by atoms with E-state index in [0.717, 1.165) is 0 Å². The van der Waals surface area contributed by atoms with Gasteiger partial charge in [-0.3, -0.25) is 4.79 Å². The highest BCUT2D eigenvalue weighted by molar-refractivity contribution is 6.35. The van der Waals surface area contributed by atoms with Gasteiger partial charge in [-0.05, 0) is 31.2 Å². The zero-order valence-electron chi connectivity index (χ0n) is 8.09. The van der Waals surface area contributed by atoms with Gasteiger partial charge in [-0.1, -0.05) is 23.2 Å². The van der Waals surface area contributed by atoms with E-state index in [4.69, 9.17) is 28.9 Å². The topological polar surface area (TPSA) is 55.1 Å². The van der Waals surface area contributed by atoms with Crippen LogP contribution in [-0.4, -0.2) is 12.5 Å². The van der Waals surface area contributed by atoms with Crippen LogP contribution in [0.1, 0.15) is 12.8 Å². The normalized spacial score (nSPS) is 10.1. The first-order valence-electron chi connectivity index (χ1n) is 4.58. The van der Waals surface area contributed by atoms with Crippen LogP contribution in [0.25, 0.3) is 0 Å². The maximum absolute atomic E-state index is 11.3. The number of nitrogens with two attached hydrogens (primary N) is 1. The van der Waals surface area contributed by atoms with Crippen molar-refractivity contribution in [3.8, 4) is 0 Å². The summed E-state index contributed by atoms with van der Waals surface area (Å²) in [4.78, 5) is 11.3. The number of benzene rings is 1. The molecule has 1 amide bonds. The summed E-state index contributed by atoms with van der Waals surface area (Å²) in [6, 6.07) is 4.90. The van der Waals surface area contributed by atoms with Crippen molar-refractivity contribution in [3.63, 3.8) is 0 Å². The van der Waals surface area contributed by atoms with E-state index in [0.29, 0.717) is 35.1 Å². The Hall–Kier alpha value is -0.770. The third kappa shape index (κ3) is 4.51. The first kappa shape index (κ1) is 12.3. The third-order valence-electron chi connectivity index (χ3n) is 1.75. The predicted octanol–water partition coefficient (Wildman–Crippen LogP) is 2.67. The van der Waals surface area contributed by atoms with Crippen molar-refractivity contribution in [1.82, 2.24) is 0 Å². The van der Waals surface area contributed by atoms with Gasteiger partial charge < -0.3 is 11.1 Å². The van der Waals surface area contributed by atoms with Crippen LogP contribution in [0.15, 0.2) is 18.2 Å². The standard InChI is InChI=1S/C10H12Cl2N2O/c11-7-4-8(12)6-9(5-7)14-10(15)2-1-3-13/h4-6H,1-3,13H2,(H,14,15). The van der Waals surface area contributed by atoms with Crippen molar-refractivity contribution in [1.29, 1.82) is 0 Å². The third-order valence-corrected chi connectivity index (χ3v) is 2.19. The summed E-state index contributed by atoms with van der Waals surface area (Å²) in [6.07, 6.45) is 1.07. The van der Waals surface area contributed by atoms with Gasteiger partial charge in [-0.15, -0.1) is 0 Å². The molecule has 0 unspecified atom stereocenters. The molecule has 0 fully saturated rings. The lowest BCUT2D eigenvalue weighted by atomic mass is 10.2. The molecule has 15 heavy (non-hydrogen) atoms. The summed E-state index contributed by atoms with van der Waals surface area (Å²) in [5.74, 6) is -0.0845. The van der Waals surface area contributed by atoms with Crippen LogP contribution in [0.4, 0.5) is 5.69 Å². The molecular formula is C10H12Cl2N2O. The number of carbonyl (C=O) groups excluding carboxylic acids is 1. The number of amides is 1. The van der Waals surface area contributed by atoms with Crippen LogP contribution in [0.5, 0.6) is 0 Å². The van der Waals surface area contributed by atoms with Crippen molar-refractivity contribution in [2.24, 2.45) is 5.73 Å². The summed E-state index contributed by atoms with van der Waals surface area (Å²) in [5.41, 5.74) is 5.90. The molecule has 1 aromatic carbocycles. The molecule has 3 nitrogen and oxygen atoms in total. The fraction of sp³-hybridized carbons (Fsp3) is 0.300. The van der Waals surface area contributed by atoms with E-state index in [1.807, 2.05) is 0 Å². The summed E-state index contributed by atoms with van der Waals surface area (Å²) in [7, 11) is 0. The number of rotatable bonds is 4. The van der Waals surface area contributed by atoms with Crippen LogP contribution in [0, 0.1) is 0 Å². The van der Waals surface area contributed by atoms with Crippen LogP contribution >= 0.6 is 23.2 Å². The Balaban J connectivity index is 2.60. The van der Waals surface area contributed by atoms with Gasteiger partial charge in [0.15, 0.2) is 0 Å². The van der Waals surface area contributed by atoms with Crippen LogP contribution in [0.3, 0.4) is 0 Å². The number of nitrogens with one attached hydrogen (secondary N) is 1. The average Bonchev–Trinajstić information content (AvgIpc) is 2.13. The van der Waals surface area contributed by atoms with Crippen LogP contribution in [-0.2, 0) is 4.79 Å². The minimum absolute atomic E-state index is 0.0845. The van der Waals surface area contributed by atoms with Crippen molar-refractivity contribution in [3.05, 3.63) is 28.2 Å². The summed E-state index contributed by atoms with van der Waals surface area (Å²) in [6.45, 7) is 0.504. The van der Waals surface area contributed by atoms with Gasteiger partial charge in [0.2, 0.25) is 5.91 Å². The summed E-state index contributed by atoms with van der Waals surface area (Å²) in [5, 5.41) is 3.69. The van der Waals surface area contributed by atoms with Gasteiger partial charge >= 0.3 is 0 Å². The summed E-state index contributed by atoms with van der Waals surface area (Å²) < 4.78 is 0. The highest BCUT2D eigenvalue weighted by Crippen LogP contribution is 2.22. The molecule has 0 aliphatic heterocycles. The molecule has 0 bridgehead atoms. The van der Waals surface area contributed by atoms with Gasteiger partial charge in [0.1, 0.15) is 0 Å². The molecule has 1 aromatic rings.